The zero-order chi connectivity index (χ0) is 15.6. The molecule has 0 spiro atoms. The van der Waals surface area contributed by atoms with E-state index in [4.69, 9.17) is 4.74 Å². The third kappa shape index (κ3) is 2.93. The number of carbonyl (C=O) groups excluding carboxylic acids is 2. The summed E-state index contributed by atoms with van der Waals surface area (Å²) in [5.41, 5.74) is -0.729. The molecule has 0 bridgehead atoms. The molecule has 2 heterocycles. The van der Waals surface area contributed by atoms with Gasteiger partial charge in [-0.15, -0.1) is 0 Å². The summed E-state index contributed by atoms with van der Waals surface area (Å²) < 4.78 is 5.46. The largest absolute Gasteiger partial charge is 0.379 e. The minimum atomic E-state index is -0.729. The lowest BCUT2D eigenvalue weighted by atomic mass is 9.84. The fourth-order valence-electron chi connectivity index (χ4n) is 3.45. The first-order valence-corrected chi connectivity index (χ1v) is 8.17. The Balaban J connectivity index is 2.33. The third-order valence-corrected chi connectivity index (χ3v) is 4.85. The van der Waals surface area contributed by atoms with E-state index in [1.165, 1.54) is 0 Å². The van der Waals surface area contributed by atoms with Gasteiger partial charge in [0.15, 0.2) is 0 Å². The van der Waals surface area contributed by atoms with E-state index in [0.29, 0.717) is 38.4 Å². The second kappa shape index (κ2) is 6.34. The number of nitrogens with zero attached hydrogens (tertiary/aromatic N) is 1. The van der Waals surface area contributed by atoms with Crippen LogP contribution in [0.3, 0.4) is 0 Å². The first kappa shape index (κ1) is 16.3. The quantitative estimate of drug-likeness (QED) is 0.840. The highest BCUT2D eigenvalue weighted by atomic mass is 16.5. The van der Waals surface area contributed by atoms with Crippen LogP contribution in [0, 0.1) is 5.92 Å². The molecule has 5 nitrogen and oxygen atoms in total. The van der Waals surface area contributed by atoms with Gasteiger partial charge in [0, 0.05) is 6.61 Å². The lowest BCUT2D eigenvalue weighted by Crippen LogP contribution is -2.72. The maximum Gasteiger partial charge on any atom is 0.249 e. The van der Waals surface area contributed by atoms with Crippen molar-refractivity contribution in [1.29, 1.82) is 0 Å². The molecule has 2 fully saturated rings. The Kier molecular flexibility index (Phi) is 4.91. The molecule has 1 N–H and O–H groups in total. The van der Waals surface area contributed by atoms with Crippen molar-refractivity contribution in [3.63, 3.8) is 0 Å². The van der Waals surface area contributed by atoms with Crippen LogP contribution < -0.4 is 5.32 Å². The zero-order valence-corrected chi connectivity index (χ0v) is 13.6. The van der Waals surface area contributed by atoms with Crippen molar-refractivity contribution in [2.24, 2.45) is 5.92 Å². The minimum Gasteiger partial charge on any atom is -0.379 e. The molecular formula is C16H28N2O3. The van der Waals surface area contributed by atoms with Crippen LogP contribution in [0.2, 0.25) is 0 Å². The SMILES string of the molecule is CCC1(CC)NC(=O)C(CC(C)C)N(C2CCOC2)C1=O. The average molecular weight is 296 g/mol. The Labute approximate surface area is 127 Å². The molecule has 0 aromatic carbocycles. The lowest BCUT2D eigenvalue weighted by Gasteiger charge is -2.48. The Morgan fingerprint density at radius 3 is 2.48 bits per heavy atom. The molecule has 2 rings (SSSR count). The van der Waals surface area contributed by atoms with Crippen molar-refractivity contribution in [3.05, 3.63) is 0 Å². The molecule has 120 valence electrons. The van der Waals surface area contributed by atoms with Crippen molar-refractivity contribution >= 4 is 11.8 Å². The maximum atomic E-state index is 13.1. The Morgan fingerprint density at radius 2 is 2.00 bits per heavy atom. The minimum absolute atomic E-state index is 0.00102. The number of amides is 2. The van der Waals surface area contributed by atoms with Gasteiger partial charge in [0.1, 0.15) is 11.6 Å². The molecule has 0 saturated carbocycles. The first-order valence-electron chi connectivity index (χ1n) is 8.17. The van der Waals surface area contributed by atoms with E-state index in [1.807, 2.05) is 18.7 Å². The van der Waals surface area contributed by atoms with E-state index in [0.717, 1.165) is 6.42 Å². The van der Waals surface area contributed by atoms with Crippen molar-refractivity contribution in [2.75, 3.05) is 13.2 Å². The topological polar surface area (TPSA) is 58.6 Å². The number of hydrogen-bond acceptors (Lipinski definition) is 3. The second-order valence-electron chi connectivity index (χ2n) is 6.65. The molecule has 2 saturated heterocycles. The van der Waals surface area contributed by atoms with Crippen LogP contribution >= 0.6 is 0 Å². The van der Waals surface area contributed by atoms with E-state index >= 15 is 0 Å². The van der Waals surface area contributed by atoms with E-state index in [1.54, 1.807) is 0 Å². The zero-order valence-electron chi connectivity index (χ0n) is 13.6. The highest BCUT2D eigenvalue weighted by Crippen LogP contribution is 2.31. The molecule has 2 aliphatic heterocycles. The van der Waals surface area contributed by atoms with Gasteiger partial charge in [-0.05, 0) is 31.6 Å². The molecule has 21 heavy (non-hydrogen) atoms. The van der Waals surface area contributed by atoms with Crippen LogP contribution in [0.1, 0.15) is 53.4 Å². The van der Waals surface area contributed by atoms with Crippen molar-refractivity contribution < 1.29 is 14.3 Å². The first-order chi connectivity index (χ1) is 9.95. The monoisotopic (exact) mass is 296 g/mol. The van der Waals surface area contributed by atoms with Crippen molar-refractivity contribution in [2.45, 2.75) is 71.0 Å². The van der Waals surface area contributed by atoms with Gasteiger partial charge in [-0.2, -0.15) is 0 Å². The van der Waals surface area contributed by atoms with E-state index < -0.39 is 5.54 Å². The van der Waals surface area contributed by atoms with Gasteiger partial charge in [0.05, 0.1) is 12.6 Å². The van der Waals surface area contributed by atoms with E-state index in [9.17, 15) is 9.59 Å². The summed E-state index contributed by atoms with van der Waals surface area (Å²) >= 11 is 0. The standard InChI is InChI=1S/C16H28N2O3/c1-5-16(6-2)15(20)18(12-7-8-21-10-12)13(9-11(3)4)14(19)17-16/h11-13H,5-10H2,1-4H3,(H,17,19). The number of piperazine rings is 1. The third-order valence-electron chi connectivity index (χ3n) is 4.85. The van der Waals surface area contributed by atoms with E-state index in [-0.39, 0.29) is 23.9 Å². The molecule has 0 aromatic heterocycles. The van der Waals surface area contributed by atoms with E-state index in [2.05, 4.69) is 19.2 Å². The van der Waals surface area contributed by atoms with Crippen LogP contribution in [0.15, 0.2) is 0 Å². The fraction of sp³-hybridized carbons (Fsp3) is 0.875. The van der Waals surface area contributed by atoms with Crippen LogP contribution in [-0.2, 0) is 14.3 Å². The second-order valence-corrected chi connectivity index (χ2v) is 6.65. The van der Waals surface area contributed by atoms with Gasteiger partial charge in [-0.3, -0.25) is 9.59 Å². The van der Waals surface area contributed by atoms with Crippen LogP contribution in [-0.4, -0.2) is 47.6 Å². The summed E-state index contributed by atoms with van der Waals surface area (Å²) in [6, 6.07) is -0.305. The lowest BCUT2D eigenvalue weighted by molar-refractivity contribution is -0.159. The van der Waals surface area contributed by atoms with Gasteiger partial charge in [-0.1, -0.05) is 27.7 Å². The molecular weight excluding hydrogens is 268 g/mol. The fourth-order valence-corrected chi connectivity index (χ4v) is 3.45. The summed E-state index contributed by atoms with van der Waals surface area (Å²) in [6.45, 7) is 9.33. The maximum absolute atomic E-state index is 13.1. The Bertz CT molecular complexity index is 398. The van der Waals surface area contributed by atoms with Gasteiger partial charge in [-0.25, -0.2) is 0 Å². The Morgan fingerprint density at radius 1 is 1.33 bits per heavy atom. The predicted octanol–water partition coefficient (Wildman–Crippen LogP) is 1.71. The summed E-state index contributed by atoms with van der Waals surface area (Å²) in [7, 11) is 0. The predicted molar refractivity (Wildman–Crippen MR) is 80.8 cm³/mol. The summed E-state index contributed by atoms with van der Waals surface area (Å²) in [6.07, 6.45) is 2.80. The molecule has 0 radical (unpaired) electrons. The highest BCUT2D eigenvalue weighted by molar-refractivity contribution is 6.00. The van der Waals surface area contributed by atoms with Crippen LogP contribution in [0.4, 0.5) is 0 Å². The molecule has 2 aliphatic rings. The van der Waals surface area contributed by atoms with Gasteiger partial charge in [0.2, 0.25) is 11.8 Å². The van der Waals surface area contributed by atoms with Crippen LogP contribution in [0.5, 0.6) is 0 Å². The molecule has 5 heteroatoms. The number of carbonyl (C=O) groups is 2. The molecule has 2 unspecified atom stereocenters. The number of rotatable bonds is 5. The van der Waals surface area contributed by atoms with Gasteiger partial charge < -0.3 is 15.0 Å². The van der Waals surface area contributed by atoms with Crippen LogP contribution in [0.25, 0.3) is 0 Å². The number of nitrogens with one attached hydrogen (secondary N) is 1. The molecule has 0 aliphatic carbocycles. The normalized spacial score (nSPS) is 29.1. The number of hydrogen-bond donors (Lipinski definition) is 1. The number of ether oxygens (including phenoxy) is 1. The van der Waals surface area contributed by atoms with Gasteiger partial charge >= 0.3 is 0 Å². The smallest absolute Gasteiger partial charge is 0.249 e. The highest BCUT2D eigenvalue weighted by Gasteiger charge is 2.51. The molecule has 2 atom stereocenters. The van der Waals surface area contributed by atoms with Gasteiger partial charge in [0.25, 0.3) is 0 Å². The van der Waals surface area contributed by atoms with Crippen molar-refractivity contribution in [3.8, 4) is 0 Å². The summed E-state index contributed by atoms with van der Waals surface area (Å²) in [5.74, 6) is 0.446. The molecule has 2 amide bonds. The van der Waals surface area contributed by atoms with Crippen molar-refractivity contribution in [1.82, 2.24) is 10.2 Å². The average Bonchev–Trinajstić information content (AvgIpc) is 2.96. The summed E-state index contributed by atoms with van der Waals surface area (Å²) in [4.78, 5) is 27.6. The molecule has 0 aromatic rings. The Hall–Kier alpha value is -1.10. The summed E-state index contributed by atoms with van der Waals surface area (Å²) in [5, 5.41) is 3.02.